The molecule has 14 heteroatoms. The molecule has 0 saturated heterocycles. The number of methoxy groups -OCH3 is 1. The van der Waals surface area contributed by atoms with Crippen molar-refractivity contribution in [3.8, 4) is 0 Å². The van der Waals surface area contributed by atoms with Gasteiger partial charge < -0.3 is 20.1 Å². The van der Waals surface area contributed by atoms with Gasteiger partial charge in [0.05, 0.1) is 7.11 Å². The van der Waals surface area contributed by atoms with Crippen LogP contribution in [0.4, 0.5) is 35.5 Å². The van der Waals surface area contributed by atoms with Gasteiger partial charge in [0.1, 0.15) is 12.1 Å². The molecule has 2 N–H and O–H groups in total. The van der Waals surface area contributed by atoms with Gasteiger partial charge in [-0.25, -0.2) is 9.59 Å². The van der Waals surface area contributed by atoms with Crippen molar-refractivity contribution < 1.29 is 54.6 Å². The first-order valence-corrected chi connectivity index (χ1v) is 9.55. The Labute approximate surface area is 180 Å². The third-order valence-corrected chi connectivity index (χ3v) is 4.47. The van der Waals surface area contributed by atoms with Crippen molar-refractivity contribution in [2.24, 2.45) is 11.8 Å². The van der Waals surface area contributed by atoms with Crippen LogP contribution >= 0.6 is 0 Å². The quantitative estimate of drug-likeness (QED) is 0.345. The molecule has 0 saturated carbocycles. The molecule has 0 rings (SSSR count). The fourth-order valence-electron chi connectivity index (χ4n) is 2.40. The van der Waals surface area contributed by atoms with Crippen LogP contribution in [0, 0.1) is 11.8 Å². The van der Waals surface area contributed by atoms with E-state index in [9.17, 15) is 45.1 Å². The molecule has 7 nitrogen and oxygen atoms in total. The summed E-state index contributed by atoms with van der Waals surface area (Å²) >= 11 is 0. The first-order valence-electron chi connectivity index (χ1n) is 9.55. The maximum atomic E-state index is 13.4. The standard InChI is InChI=1S/C18H27F7N2O5/c1-6-10(4)12(27-15(30)31-5)13(28)26-11(7-9(2)3)14(29)32-8-16(19,20)17(21,22)18(23,24)25/h9-12H,6-8H2,1-5H3,(H,26,28)(H,27,30). The molecule has 0 radical (unpaired) electrons. The minimum absolute atomic E-state index is 0.211. The second-order valence-electron chi connectivity index (χ2n) is 7.57. The molecule has 2 amide bonds. The zero-order valence-electron chi connectivity index (χ0n) is 18.1. The van der Waals surface area contributed by atoms with Crippen LogP contribution in [0.15, 0.2) is 0 Å². The molecule has 0 aromatic rings. The number of carbonyl (C=O) groups is 3. The lowest BCUT2D eigenvalue weighted by atomic mass is 9.97. The van der Waals surface area contributed by atoms with Crippen LogP contribution in [0.5, 0.6) is 0 Å². The highest BCUT2D eigenvalue weighted by atomic mass is 19.4. The minimum Gasteiger partial charge on any atom is -0.457 e. The van der Waals surface area contributed by atoms with Crippen LogP contribution in [-0.4, -0.2) is 61.8 Å². The van der Waals surface area contributed by atoms with Gasteiger partial charge in [0.15, 0.2) is 6.61 Å². The lowest BCUT2D eigenvalue weighted by Crippen LogP contribution is -2.56. The van der Waals surface area contributed by atoms with Gasteiger partial charge >= 0.3 is 30.1 Å². The largest absolute Gasteiger partial charge is 0.460 e. The lowest BCUT2D eigenvalue weighted by molar-refractivity contribution is -0.359. The Hall–Kier alpha value is -2.28. The van der Waals surface area contributed by atoms with E-state index in [1.165, 1.54) is 0 Å². The summed E-state index contributed by atoms with van der Waals surface area (Å²) in [6, 6.07) is -2.87. The van der Waals surface area contributed by atoms with Crippen molar-refractivity contribution in [1.29, 1.82) is 0 Å². The number of alkyl carbamates (subject to hydrolysis) is 1. The Kier molecular flexibility index (Phi) is 10.7. The zero-order valence-corrected chi connectivity index (χ0v) is 18.1. The summed E-state index contributed by atoms with van der Waals surface area (Å²) in [7, 11) is 1.04. The number of alkyl halides is 7. The van der Waals surface area contributed by atoms with Crippen LogP contribution in [0.2, 0.25) is 0 Å². The second kappa shape index (κ2) is 11.5. The van der Waals surface area contributed by atoms with Crippen LogP contribution < -0.4 is 10.6 Å². The fourth-order valence-corrected chi connectivity index (χ4v) is 2.40. The average molecular weight is 484 g/mol. The smallest absolute Gasteiger partial charge is 0.457 e. The van der Waals surface area contributed by atoms with Gasteiger partial charge in [0.25, 0.3) is 0 Å². The van der Waals surface area contributed by atoms with E-state index in [0.29, 0.717) is 6.42 Å². The van der Waals surface area contributed by atoms with Gasteiger partial charge in [-0.3, -0.25) is 4.79 Å². The van der Waals surface area contributed by atoms with E-state index < -0.39 is 60.6 Å². The molecule has 0 aromatic carbocycles. The van der Waals surface area contributed by atoms with Crippen LogP contribution in [0.25, 0.3) is 0 Å². The number of hydrogen-bond acceptors (Lipinski definition) is 5. The maximum absolute atomic E-state index is 13.4. The van der Waals surface area contributed by atoms with E-state index in [4.69, 9.17) is 0 Å². The predicted octanol–water partition coefficient (Wildman–Crippen LogP) is 3.66. The van der Waals surface area contributed by atoms with Crippen LogP contribution in [0.3, 0.4) is 0 Å². The highest BCUT2D eigenvalue weighted by molar-refractivity contribution is 5.89. The van der Waals surface area contributed by atoms with E-state index >= 15 is 0 Å². The molecule has 0 heterocycles. The van der Waals surface area contributed by atoms with E-state index in [-0.39, 0.29) is 12.3 Å². The lowest BCUT2D eigenvalue weighted by Gasteiger charge is -2.29. The summed E-state index contributed by atoms with van der Waals surface area (Å²) in [6.07, 6.45) is -7.36. The summed E-state index contributed by atoms with van der Waals surface area (Å²) in [5.74, 6) is -15.6. The Morgan fingerprint density at radius 1 is 0.938 bits per heavy atom. The number of halogens is 7. The van der Waals surface area contributed by atoms with Crippen molar-refractivity contribution in [2.45, 2.75) is 70.6 Å². The number of ether oxygens (including phenoxy) is 2. The molecule has 3 atom stereocenters. The van der Waals surface area contributed by atoms with Gasteiger partial charge in [-0.15, -0.1) is 0 Å². The number of esters is 1. The topological polar surface area (TPSA) is 93.7 Å². The van der Waals surface area contributed by atoms with E-state index in [0.717, 1.165) is 7.11 Å². The maximum Gasteiger partial charge on any atom is 0.460 e. The van der Waals surface area contributed by atoms with Gasteiger partial charge in [-0.2, -0.15) is 30.7 Å². The first kappa shape index (κ1) is 29.7. The first-order chi connectivity index (χ1) is 14.4. The molecule has 3 unspecified atom stereocenters. The molecule has 0 spiro atoms. The van der Waals surface area contributed by atoms with E-state index in [2.05, 4.69) is 20.1 Å². The molecular formula is C18H27F7N2O5. The predicted molar refractivity (Wildman–Crippen MR) is 97.1 cm³/mol. The summed E-state index contributed by atoms with van der Waals surface area (Å²) in [5, 5.41) is 4.40. The Balaban J connectivity index is 5.50. The molecule has 0 aliphatic carbocycles. The van der Waals surface area contributed by atoms with Crippen LogP contribution in [-0.2, 0) is 19.1 Å². The summed E-state index contributed by atoms with van der Waals surface area (Å²) in [5.41, 5.74) is 0. The molecule has 32 heavy (non-hydrogen) atoms. The third-order valence-electron chi connectivity index (χ3n) is 4.47. The SMILES string of the molecule is CCC(C)C(NC(=O)OC)C(=O)NC(CC(C)C)C(=O)OCC(F)(F)C(F)(F)C(F)(F)F. The number of hydrogen-bond donors (Lipinski definition) is 2. The number of rotatable bonds is 11. The summed E-state index contributed by atoms with van der Waals surface area (Å²) in [4.78, 5) is 36.2. The molecule has 0 bridgehead atoms. The highest BCUT2D eigenvalue weighted by Crippen LogP contribution is 2.46. The van der Waals surface area contributed by atoms with Crippen LogP contribution in [0.1, 0.15) is 40.5 Å². The summed E-state index contributed by atoms with van der Waals surface area (Å²) in [6.45, 7) is 3.84. The number of carbonyl (C=O) groups excluding carboxylic acids is 3. The van der Waals surface area contributed by atoms with Gasteiger partial charge in [0.2, 0.25) is 5.91 Å². The molecule has 0 aliphatic heterocycles. The normalized spacial score (nSPS) is 15.5. The number of nitrogens with one attached hydrogen (secondary N) is 2. The van der Waals surface area contributed by atoms with Crippen molar-refractivity contribution in [3.05, 3.63) is 0 Å². The monoisotopic (exact) mass is 484 g/mol. The molecule has 0 aliphatic rings. The highest BCUT2D eigenvalue weighted by Gasteiger charge is 2.73. The van der Waals surface area contributed by atoms with E-state index in [1.54, 1.807) is 27.7 Å². The van der Waals surface area contributed by atoms with Crippen molar-refractivity contribution in [1.82, 2.24) is 10.6 Å². The third kappa shape index (κ3) is 8.01. The van der Waals surface area contributed by atoms with Crippen molar-refractivity contribution >= 4 is 18.0 Å². The molecule has 0 aromatic heterocycles. The second-order valence-corrected chi connectivity index (χ2v) is 7.57. The van der Waals surface area contributed by atoms with Gasteiger partial charge in [0, 0.05) is 0 Å². The Bertz CT molecular complexity index is 656. The Morgan fingerprint density at radius 2 is 1.47 bits per heavy atom. The van der Waals surface area contributed by atoms with Crippen molar-refractivity contribution in [2.75, 3.05) is 13.7 Å². The van der Waals surface area contributed by atoms with E-state index in [1.807, 2.05) is 0 Å². The van der Waals surface area contributed by atoms with Crippen molar-refractivity contribution in [3.63, 3.8) is 0 Å². The minimum atomic E-state index is -6.57. The molecular weight excluding hydrogens is 457 g/mol. The fraction of sp³-hybridized carbons (Fsp3) is 0.833. The Morgan fingerprint density at radius 3 is 1.88 bits per heavy atom. The number of amides is 2. The van der Waals surface area contributed by atoms with Gasteiger partial charge in [-0.1, -0.05) is 34.1 Å². The molecule has 188 valence electrons. The van der Waals surface area contributed by atoms with Gasteiger partial charge in [-0.05, 0) is 18.3 Å². The average Bonchev–Trinajstić information content (AvgIpc) is 2.67. The molecule has 0 fully saturated rings. The zero-order chi connectivity index (χ0) is 25.5. The summed E-state index contributed by atoms with van der Waals surface area (Å²) < 4.78 is 97.9.